The van der Waals surface area contributed by atoms with Crippen molar-refractivity contribution < 1.29 is 0 Å². The second-order valence-corrected chi connectivity index (χ2v) is 5.03. The number of hydrogen-bond acceptors (Lipinski definition) is 3. The summed E-state index contributed by atoms with van der Waals surface area (Å²) in [5, 5.41) is 6.76. The van der Waals surface area contributed by atoms with Gasteiger partial charge in [0.05, 0.1) is 0 Å². The van der Waals surface area contributed by atoms with Gasteiger partial charge in [-0.15, -0.1) is 0 Å². The Kier molecular flexibility index (Phi) is 5.42. The standard InChI is InChI=1S/C17H23N3/c1-3-18-17-13-16(11-12-19-17)20-14(2)9-10-15-7-5-4-6-8-15/h4-8,11-14H,3,9-10H2,1-2H3,(H2,18,19,20). The van der Waals surface area contributed by atoms with Crippen LogP contribution in [0.1, 0.15) is 25.8 Å². The lowest BCUT2D eigenvalue weighted by molar-refractivity contribution is 0.706. The summed E-state index contributed by atoms with van der Waals surface area (Å²) in [7, 11) is 0. The van der Waals surface area contributed by atoms with Gasteiger partial charge in [0, 0.05) is 30.5 Å². The molecule has 0 saturated heterocycles. The molecular formula is C17H23N3. The molecule has 0 spiro atoms. The van der Waals surface area contributed by atoms with Crippen molar-refractivity contribution in [3.05, 3.63) is 54.2 Å². The molecule has 106 valence electrons. The van der Waals surface area contributed by atoms with Crippen LogP contribution in [0.2, 0.25) is 0 Å². The van der Waals surface area contributed by atoms with Gasteiger partial charge in [-0.1, -0.05) is 30.3 Å². The third-order valence-corrected chi connectivity index (χ3v) is 3.24. The maximum absolute atomic E-state index is 4.28. The summed E-state index contributed by atoms with van der Waals surface area (Å²) in [4.78, 5) is 4.28. The maximum Gasteiger partial charge on any atom is 0.127 e. The van der Waals surface area contributed by atoms with Crippen molar-refractivity contribution in [3.63, 3.8) is 0 Å². The van der Waals surface area contributed by atoms with E-state index in [1.807, 2.05) is 12.3 Å². The Hall–Kier alpha value is -2.03. The van der Waals surface area contributed by atoms with E-state index in [0.717, 1.165) is 30.9 Å². The lowest BCUT2D eigenvalue weighted by atomic mass is 10.1. The fourth-order valence-electron chi connectivity index (χ4n) is 2.18. The smallest absolute Gasteiger partial charge is 0.127 e. The summed E-state index contributed by atoms with van der Waals surface area (Å²) < 4.78 is 0. The van der Waals surface area contributed by atoms with Gasteiger partial charge in [-0.3, -0.25) is 0 Å². The summed E-state index contributed by atoms with van der Waals surface area (Å²) in [6.07, 6.45) is 4.05. The average Bonchev–Trinajstić information content (AvgIpc) is 2.47. The Bertz CT molecular complexity index is 511. The third-order valence-electron chi connectivity index (χ3n) is 3.24. The molecule has 0 amide bonds. The first-order valence-corrected chi connectivity index (χ1v) is 7.28. The molecule has 2 aromatic rings. The number of aromatic nitrogens is 1. The summed E-state index contributed by atoms with van der Waals surface area (Å²) in [6, 6.07) is 15.1. The van der Waals surface area contributed by atoms with E-state index in [9.17, 15) is 0 Å². The molecule has 3 heteroatoms. The number of nitrogens with one attached hydrogen (secondary N) is 2. The number of anilines is 2. The summed E-state index contributed by atoms with van der Waals surface area (Å²) in [5.74, 6) is 0.924. The van der Waals surface area contributed by atoms with Crippen LogP contribution in [0.15, 0.2) is 48.7 Å². The molecule has 1 aromatic heterocycles. The molecule has 0 fully saturated rings. The Balaban J connectivity index is 1.84. The van der Waals surface area contributed by atoms with E-state index in [4.69, 9.17) is 0 Å². The van der Waals surface area contributed by atoms with E-state index in [0.29, 0.717) is 6.04 Å². The lowest BCUT2D eigenvalue weighted by Crippen LogP contribution is -2.16. The molecule has 3 nitrogen and oxygen atoms in total. The predicted molar refractivity (Wildman–Crippen MR) is 86.2 cm³/mol. The third kappa shape index (κ3) is 4.57. The zero-order chi connectivity index (χ0) is 14.2. The molecule has 1 atom stereocenters. The summed E-state index contributed by atoms with van der Waals surface area (Å²) >= 11 is 0. The van der Waals surface area contributed by atoms with Crippen LogP contribution in [-0.2, 0) is 6.42 Å². The Morgan fingerprint density at radius 3 is 2.70 bits per heavy atom. The van der Waals surface area contributed by atoms with Gasteiger partial charge in [-0.25, -0.2) is 4.98 Å². The molecule has 2 N–H and O–H groups in total. The van der Waals surface area contributed by atoms with E-state index < -0.39 is 0 Å². The number of nitrogens with zero attached hydrogens (tertiary/aromatic N) is 1. The number of hydrogen-bond donors (Lipinski definition) is 2. The van der Waals surface area contributed by atoms with Gasteiger partial charge < -0.3 is 10.6 Å². The van der Waals surface area contributed by atoms with Crippen molar-refractivity contribution in [2.24, 2.45) is 0 Å². The lowest BCUT2D eigenvalue weighted by Gasteiger charge is -2.16. The van der Waals surface area contributed by atoms with Crippen LogP contribution in [0.25, 0.3) is 0 Å². The molecule has 1 heterocycles. The average molecular weight is 269 g/mol. The van der Waals surface area contributed by atoms with Gasteiger partial charge in [0.15, 0.2) is 0 Å². The van der Waals surface area contributed by atoms with Crippen LogP contribution >= 0.6 is 0 Å². The predicted octanol–water partition coefficient (Wildman–Crippen LogP) is 3.95. The highest BCUT2D eigenvalue weighted by Gasteiger charge is 2.03. The molecule has 1 unspecified atom stereocenters. The van der Waals surface area contributed by atoms with Crippen molar-refractivity contribution >= 4 is 11.5 Å². The first kappa shape index (κ1) is 14.4. The second-order valence-electron chi connectivity index (χ2n) is 5.03. The van der Waals surface area contributed by atoms with Crippen molar-refractivity contribution in [1.82, 2.24) is 4.98 Å². The highest BCUT2D eigenvalue weighted by atomic mass is 15.0. The van der Waals surface area contributed by atoms with Crippen LogP contribution in [0, 0.1) is 0 Å². The monoisotopic (exact) mass is 269 g/mol. The van der Waals surface area contributed by atoms with Crippen molar-refractivity contribution in [2.75, 3.05) is 17.2 Å². The van der Waals surface area contributed by atoms with Crippen LogP contribution in [0.5, 0.6) is 0 Å². The maximum atomic E-state index is 4.28. The minimum Gasteiger partial charge on any atom is -0.382 e. The van der Waals surface area contributed by atoms with Gasteiger partial charge in [-0.05, 0) is 38.3 Å². The zero-order valence-corrected chi connectivity index (χ0v) is 12.3. The summed E-state index contributed by atoms with van der Waals surface area (Å²) in [6.45, 7) is 5.18. The normalized spacial score (nSPS) is 11.9. The fourth-order valence-corrected chi connectivity index (χ4v) is 2.18. The van der Waals surface area contributed by atoms with E-state index >= 15 is 0 Å². The number of benzene rings is 1. The zero-order valence-electron chi connectivity index (χ0n) is 12.3. The second kappa shape index (κ2) is 7.53. The van der Waals surface area contributed by atoms with E-state index in [-0.39, 0.29) is 0 Å². The molecule has 1 aromatic carbocycles. The Morgan fingerprint density at radius 1 is 1.15 bits per heavy atom. The molecule has 0 bridgehead atoms. The van der Waals surface area contributed by atoms with Gasteiger partial charge in [-0.2, -0.15) is 0 Å². The SMILES string of the molecule is CCNc1cc(NC(C)CCc2ccccc2)ccn1. The van der Waals surface area contributed by atoms with Gasteiger partial charge in [0.1, 0.15) is 5.82 Å². The number of pyridine rings is 1. The molecule has 0 aliphatic carbocycles. The van der Waals surface area contributed by atoms with Gasteiger partial charge >= 0.3 is 0 Å². The molecular weight excluding hydrogens is 246 g/mol. The Morgan fingerprint density at radius 2 is 1.95 bits per heavy atom. The number of rotatable bonds is 7. The quantitative estimate of drug-likeness (QED) is 0.799. The van der Waals surface area contributed by atoms with Gasteiger partial charge in [0.25, 0.3) is 0 Å². The van der Waals surface area contributed by atoms with E-state index in [1.54, 1.807) is 0 Å². The topological polar surface area (TPSA) is 37.0 Å². The molecule has 0 aliphatic rings. The largest absolute Gasteiger partial charge is 0.382 e. The van der Waals surface area contributed by atoms with Crippen molar-refractivity contribution in [3.8, 4) is 0 Å². The molecule has 0 radical (unpaired) electrons. The fraction of sp³-hybridized carbons (Fsp3) is 0.353. The first-order chi connectivity index (χ1) is 9.78. The van der Waals surface area contributed by atoms with Crippen molar-refractivity contribution in [2.45, 2.75) is 32.7 Å². The molecule has 20 heavy (non-hydrogen) atoms. The number of aryl methyl sites for hydroxylation is 1. The minimum atomic E-state index is 0.437. The highest BCUT2D eigenvalue weighted by Crippen LogP contribution is 2.14. The Labute approximate surface area is 121 Å². The van der Waals surface area contributed by atoms with Crippen LogP contribution in [-0.4, -0.2) is 17.6 Å². The first-order valence-electron chi connectivity index (χ1n) is 7.28. The van der Waals surface area contributed by atoms with E-state index in [1.165, 1.54) is 5.56 Å². The van der Waals surface area contributed by atoms with Gasteiger partial charge in [0.2, 0.25) is 0 Å². The van der Waals surface area contributed by atoms with E-state index in [2.05, 4.69) is 65.9 Å². The van der Waals surface area contributed by atoms with Crippen LogP contribution in [0.4, 0.5) is 11.5 Å². The van der Waals surface area contributed by atoms with Crippen molar-refractivity contribution in [1.29, 1.82) is 0 Å². The minimum absolute atomic E-state index is 0.437. The molecule has 0 aliphatic heterocycles. The highest BCUT2D eigenvalue weighted by molar-refractivity contribution is 5.52. The van der Waals surface area contributed by atoms with Crippen LogP contribution in [0.3, 0.4) is 0 Å². The summed E-state index contributed by atoms with van der Waals surface area (Å²) in [5.41, 5.74) is 2.51. The molecule has 0 saturated carbocycles. The van der Waals surface area contributed by atoms with Crippen LogP contribution < -0.4 is 10.6 Å². The molecule has 2 rings (SSSR count).